The average Bonchev–Trinajstić information content (AvgIpc) is 3.43. The highest BCUT2D eigenvalue weighted by Crippen LogP contribution is 2.36. The smallest absolute Gasteiger partial charge is 0.266 e. The van der Waals surface area contributed by atoms with Gasteiger partial charge in [-0.1, -0.05) is 78.9 Å². The van der Waals surface area contributed by atoms with E-state index in [9.17, 15) is 19.2 Å². The van der Waals surface area contributed by atoms with E-state index in [1.165, 1.54) is 9.80 Å². The third-order valence-corrected chi connectivity index (χ3v) is 7.69. The molecule has 0 atom stereocenters. The highest BCUT2D eigenvalue weighted by atomic mass is 16.2. The van der Waals surface area contributed by atoms with Gasteiger partial charge in [-0.15, -0.1) is 0 Å². The summed E-state index contributed by atoms with van der Waals surface area (Å²) in [5.41, 5.74) is 5.61. The van der Waals surface area contributed by atoms with Crippen LogP contribution in [0.2, 0.25) is 0 Å². The number of imide groups is 2. The molecular weight excluding hydrogens is 512 g/mol. The molecule has 0 saturated carbocycles. The van der Waals surface area contributed by atoms with E-state index >= 15 is 0 Å². The molecule has 7 rings (SSSR count). The molecule has 0 aromatic heterocycles. The Morgan fingerprint density at radius 2 is 0.634 bits per heavy atom. The van der Waals surface area contributed by atoms with Crippen LogP contribution in [0.4, 0.5) is 11.4 Å². The van der Waals surface area contributed by atoms with Crippen LogP contribution in [-0.2, 0) is 0 Å². The number of amides is 4. The number of nitrogens with zero attached hydrogens (tertiary/aromatic N) is 2. The van der Waals surface area contributed by atoms with Crippen molar-refractivity contribution in [2.45, 2.75) is 5.92 Å². The van der Waals surface area contributed by atoms with Crippen LogP contribution in [0.3, 0.4) is 0 Å². The Morgan fingerprint density at radius 1 is 0.341 bits per heavy atom. The van der Waals surface area contributed by atoms with Crippen LogP contribution >= 0.6 is 0 Å². The van der Waals surface area contributed by atoms with Crippen LogP contribution in [0.15, 0.2) is 127 Å². The number of hydrogen-bond acceptors (Lipinski definition) is 4. The van der Waals surface area contributed by atoms with Crippen LogP contribution < -0.4 is 9.80 Å². The number of hydrogen-bond donors (Lipinski definition) is 0. The maximum atomic E-state index is 13.0. The van der Waals surface area contributed by atoms with Crippen LogP contribution in [-0.4, -0.2) is 23.6 Å². The molecule has 4 amide bonds. The van der Waals surface area contributed by atoms with E-state index in [-0.39, 0.29) is 29.5 Å². The second-order valence-electron chi connectivity index (χ2n) is 10.0. The molecule has 2 aliphatic rings. The van der Waals surface area contributed by atoms with Gasteiger partial charge in [-0.2, -0.15) is 0 Å². The Labute approximate surface area is 236 Å². The zero-order valence-corrected chi connectivity index (χ0v) is 21.7. The molecule has 0 saturated heterocycles. The Hall–Kier alpha value is -5.62. The van der Waals surface area contributed by atoms with Crippen molar-refractivity contribution in [3.8, 4) is 0 Å². The third-order valence-electron chi connectivity index (χ3n) is 7.69. The lowest BCUT2D eigenvalue weighted by Crippen LogP contribution is -2.29. The summed E-state index contributed by atoms with van der Waals surface area (Å²) in [6.07, 6.45) is 0. The summed E-state index contributed by atoms with van der Waals surface area (Å²) >= 11 is 0. The van der Waals surface area contributed by atoms with Gasteiger partial charge in [0.15, 0.2) is 0 Å². The molecule has 0 N–H and O–H groups in total. The molecule has 0 bridgehead atoms. The van der Waals surface area contributed by atoms with E-state index in [1.54, 1.807) is 72.8 Å². The second-order valence-corrected chi connectivity index (χ2v) is 10.0. The molecule has 6 heteroatoms. The molecule has 0 aliphatic carbocycles. The molecule has 5 aromatic carbocycles. The first-order valence-electron chi connectivity index (χ1n) is 13.2. The van der Waals surface area contributed by atoms with Crippen molar-refractivity contribution in [3.05, 3.63) is 166 Å². The van der Waals surface area contributed by atoms with Gasteiger partial charge in [0.05, 0.1) is 33.6 Å². The van der Waals surface area contributed by atoms with Gasteiger partial charge in [-0.05, 0) is 65.2 Å². The maximum Gasteiger partial charge on any atom is 0.266 e. The molecule has 41 heavy (non-hydrogen) atoms. The monoisotopic (exact) mass is 534 g/mol. The average molecular weight is 535 g/mol. The predicted octanol–water partition coefficient (Wildman–Crippen LogP) is 6.47. The van der Waals surface area contributed by atoms with Crippen LogP contribution in [0.1, 0.15) is 64.0 Å². The molecule has 2 heterocycles. The Bertz CT molecular complexity index is 1670. The van der Waals surface area contributed by atoms with Crippen LogP contribution in [0.25, 0.3) is 0 Å². The zero-order valence-electron chi connectivity index (χ0n) is 21.7. The van der Waals surface area contributed by atoms with Crippen molar-refractivity contribution in [3.63, 3.8) is 0 Å². The quantitative estimate of drug-likeness (QED) is 0.191. The molecule has 0 radical (unpaired) electrons. The highest BCUT2D eigenvalue weighted by Gasteiger charge is 2.37. The summed E-state index contributed by atoms with van der Waals surface area (Å²) in [5, 5.41) is 0. The van der Waals surface area contributed by atoms with Gasteiger partial charge in [-0.25, -0.2) is 9.80 Å². The normalized spacial score (nSPS) is 14.2. The first-order chi connectivity index (χ1) is 20.0. The maximum absolute atomic E-state index is 13.0. The van der Waals surface area contributed by atoms with E-state index in [2.05, 4.69) is 0 Å². The fourth-order valence-electron chi connectivity index (χ4n) is 5.70. The summed E-state index contributed by atoms with van der Waals surface area (Å²) in [5.74, 6) is -1.49. The van der Waals surface area contributed by atoms with E-state index in [0.717, 1.165) is 16.7 Å². The topological polar surface area (TPSA) is 74.8 Å². The number of carbonyl (C=O) groups is 4. The minimum Gasteiger partial charge on any atom is -0.268 e. The lowest BCUT2D eigenvalue weighted by Gasteiger charge is -2.22. The van der Waals surface area contributed by atoms with Gasteiger partial charge in [0.2, 0.25) is 0 Å². The molecule has 2 aliphatic heterocycles. The largest absolute Gasteiger partial charge is 0.268 e. The van der Waals surface area contributed by atoms with E-state index in [4.69, 9.17) is 0 Å². The number of carbonyl (C=O) groups excluding carboxylic acids is 4. The number of benzene rings is 5. The molecule has 0 spiro atoms. The fraction of sp³-hybridized carbons (Fsp3) is 0.0286. The van der Waals surface area contributed by atoms with Gasteiger partial charge < -0.3 is 0 Å². The SMILES string of the molecule is O=C1c2ccccc2C(=O)N1c1ccc(C(c2ccccc2)c2ccc(N3C(=O)c4ccccc4C3=O)cc2)cc1. The fourth-order valence-corrected chi connectivity index (χ4v) is 5.70. The first-order valence-corrected chi connectivity index (χ1v) is 13.2. The minimum absolute atomic E-state index is 0.163. The third kappa shape index (κ3) is 3.88. The van der Waals surface area contributed by atoms with Gasteiger partial charge >= 0.3 is 0 Å². The number of anilines is 2. The van der Waals surface area contributed by atoms with Crippen LogP contribution in [0.5, 0.6) is 0 Å². The van der Waals surface area contributed by atoms with Gasteiger partial charge in [-0.3, -0.25) is 19.2 Å². The van der Waals surface area contributed by atoms with Gasteiger partial charge in [0, 0.05) is 5.92 Å². The van der Waals surface area contributed by atoms with Crippen molar-refractivity contribution in [2.75, 3.05) is 9.80 Å². The summed E-state index contributed by atoms with van der Waals surface area (Å²) in [7, 11) is 0. The molecular formula is C35H22N2O4. The van der Waals surface area contributed by atoms with E-state index < -0.39 is 0 Å². The molecule has 196 valence electrons. The van der Waals surface area contributed by atoms with Gasteiger partial charge in [0.25, 0.3) is 23.6 Å². The standard InChI is InChI=1S/C35H22N2O4/c38-32-27-10-4-5-11-28(27)33(39)36(32)25-18-14-23(15-19-25)31(22-8-2-1-3-9-22)24-16-20-26(21-17-24)37-34(40)29-12-6-7-13-30(29)35(37)41/h1-21,31H. The van der Waals surface area contributed by atoms with Crippen molar-refractivity contribution in [1.29, 1.82) is 0 Å². The number of fused-ring (bicyclic) bond motifs is 2. The van der Waals surface area contributed by atoms with Crippen LogP contribution in [0, 0.1) is 0 Å². The van der Waals surface area contributed by atoms with Crippen molar-refractivity contribution in [2.24, 2.45) is 0 Å². The lowest BCUT2D eigenvalue weighted by molar-refractivity contribution is 0.0910. The Balaban J connectivity index is 1.22. The minimum atomic E-state index is -0.332. The predicted molar refractivity (Wildman–Crippen MR) is 155 cm³/mol. The summed E-state index contributed by atoms with van der Waals surface area (Å²) in [6, 6.07) is 38.5. The van der Waals surface area contributed by atoms with Crippen molar-refractivity contribution in [1.82, 2.24) is 0 Å². The first kappa shape index (κ1) is 24.4. The van der Waals surface area contributed by atoms with E-state index in [0.29, 0.717) is 33.6 Å². The summed E-state index contributed by atoms with van der Waals surface area (Å²) < 4.78 is 0. The Morgan fingerprint density at radius 3 is 0.976 bits per heavy atom. The van der Waals surface area contributed by atoms with Crippen molar-refractivity contribution >= 4 is 35.0 Å². The lowest BCUT2D eigenvalue weighted by atomic mass is 9.85. The second kappa shape index (κ2) is 9.54. The van der Waals surface area contributed by atoms with Crippen molar-refractivity contribution < 1.29 is 19.2 Å². The molecule has 5 aromatic rings. The highest BCUT2D eigenvalue weighted by molar-refractivity contribution is 6.35. The van der Waals surface area contributed by atoms with Gasteiger partial charge in [0.1, 0.15) is 0 Å². The molecule has 0 unspecified atom stereocenters. The number of rotatable bonds is 5. The Kier molecular flexibility index (Phi) is 5.68. The zero-order chi connectivity index (χ0) is 28.1. The summed E-state index contributed by atoms with van der Waals surface area (Å²) in [6.45, 7) is 0. The molecule has 6 nitrogen and oxygen atoms in total. The summed E-state index contributed by atoms with van der Waals surface area (Å²) in [4.78, 5) is 54.3. The van der Waals surface area contributed by atoms with E-state index in [1.807, 2.05) is 54.6 Å². The molecule has 0 fully saturated rings.